The van der Waals surface area contributed by atoms with Gasteiger partial charge in [-0.3, -0.25) is 0 Å². The second kappa shape index (κ2) is 3.54. The third kappa shape index (κ3) is 2.51. The zero-order valence-electron chi connectivity index (χ0n) is 5.00. The molecule has 1 aromatic carbocycles. The average molecular weight is 275 g/mol. The summed E-state index contributed by atoms with van der Waals surface area (Å²) < 4.78 is -1.81. The van der Waals surface area contributed by atoms with Crippen LogP contribution in [0, 0.1) is 0 Å². The van der Waals surface area contributed by atoms with Crippen LogP contribution in [0.15, 0.2) is 30.3 Å². The summed E-state index contributed by atoms with van der Waals surface area (Å²) in [6.07, 6.45) is 0. The van der Waals surface area contributed by atoms with Crippen molar-refractivity contribution in [3.8, 4) is 0 Å². The quantitative estimate of drug-likeness (QED) is 0.545. The normalized spacial score (nSPS) is 11.4. The summed E-state index contributed by atoms with van der Waals surface area (Å²) in [7, 11) is 0. The van der Waals surface area contributed by atoms with Crippen LogP contribution in [0.2, 0.25) is 0 Å². The minimum absolute atomic E-state index is 1.04. The predicted molar refractivity (Wildman–Crippen MR) is 44.7 cm³/mol. The molecule has 0 N–H and O–H groups in total. The molecule has 0 saturated carbocycles. The molecule has 1 aromatic rings. The fourth-order valence-corrected chi connectivity index (χ4v) is 2.69. The van der Waals surface area contributed by atoms with Gasteiger partial charge < -0.3 is 0 Å². The van der Waals surface area contributed by atoms with Crippen molar-refractivity contribution in [3.63, 3.8) is 0 Å². The third-order valence-corrected chi connectivity index (χ3v) is 4.68. The van der Waals surface area contributed by atoms with Gasteiger partial charge in [0.15, 0.2) is 0 Å². The summed E-state index contributed by atoms with van der Waals surface area (Å²) in [5.41, 5.74) is 0. The molecular formula is C6H5Cl2MoP. The molecule has 0 amide bonds. The first-order valence-electron chi connectivity index (χ1n) is 2.65. The summed E-state index contributed by atoms with van der Waals surface area (Å²) in [5, 5.41) is 1.04. The molecule has 0 saturated heterocycles. The van der Waals surface area contributed by atoms with E-state index < -0.39 is 3.60 Å². The van der Waals surface area contributed by atoms with Crippen LogP contribution in [0.4, 0.5) is 0 Å². The number of rotatable bonds is 1. The summed E-state index contributed by atoms with van der Waals surface area (Å²) in [5.74, 6) is 0. The standard InChI is InChI=1S/C6H5Cl2P.Mo/c7-9(8)6-4-2-1-3-5-6;/h1-5H;. The van der Waals surface area contributed by atoms with E-state index in [9.17, 15) is 0 Å². The Kier molecular flexibility index (Phi) is 3.19. The van der Waals surface area contributed by atoms with E-state index in [0.29, 0.717) is 0 Å². The van der Waals surface area contributed by atoms with Gasteiger partial charge in [0.25, 0.3) is 0 Å². The van der Waals surface area contributed by atoms with Crippen molar-refractivity contribution in [2.24, 2.45) is 0 Å². The molecule has 0 heterocycles. The number of benzene rings is 1. The second-order valence-electron chi connectivity index (χ2n) is 1.80. The SMILES string of the molecule is Cl[P](Cl)(=[Mo])c1ccccc1. The fraction of sp³-hybridized carbons (Fsp3) is 0. The van der Waals surface area contributed by atoms with E-state index in [1.54, 1.807) is 18.8 Å². The second-order valence-corrected chi connectivity index (χ2v) is 14.1. The van der Waals surface area contributed by atoms with Gasteiger partial charge >= 0.3 is 80.5 Å². The number of halogens is 2. The Morgan fingerprint density at radius 3 is 1.90 bits per heavy atom. The topological polar surface area (TPSA) is 0 Å². The fourth-order valence-electron chi connectivity index (χ4n) is 0.602. The molecule has 0 aliphatic carbocycles. The van der Waals surface area contributed by atoms with E-state index in [-0.39, 0.29) is 0 Å². The summed E-state index contributed by atoms with van der Waals surface area (Å²) in [6.45, 7) is 0. The van der Waals surface area contributed by atoms with E-state index in [0.717, 1.165) is 5.30 Å². The van der Waals surface area contributed by atoms with Crippen LogP contribution in [0.1, 0.15) is 0 Å². The third-order valence-electron chi connectivity index (χ3n) is 1.06. The van der Waals surface area contributed by atoms with Gasteiger partial charge in [0.1, 0.15) is 0 Å². The molecule has 0 bridgehead atoms. The van der Waals surface area contributed by atoms with Crippen molar-refractivity contribution in [1.82, 2.24) is 0 Å². The molecule has 0 fully saturated rings. The van der Waals surface area contributed by atoms with Gasteiger partial charge in [0.05, 0.1) is 0 Å². The summed E-state index contributed by atoms with van der Waals surface area (Å²) in [6, 6.07) is 9.75. The Hall–Kier alpha value is 0.918. The maximum atomic E-state index is 5.94. The zero-order chi connectivity index (χ0) is 7.61. The van der Waals surface area contributed by atoms with Crippen molar-refractivity contribution in [1.29, 1.82) is 0 Å². The monoisotopic (exact) mass is 276 g/mol. The van der Waals surface area contributed by atoms with Crippen molar-refractivity contribution in [3.05, 3.63) is 30.3 Å². The first-order valence-corrected chi connectivity index (χ1v) is 8.86. The Labute approximate surface area is 80.2 Å². The Balaban J connectivity index is 3.09. The Morgan fingerprint density at radius 1 is 1.10 bits per heavy atom. The molecule has 0 spiro atoms. The van der Waals surface area contributed by atoms with Crippen molar-refractivity contribution < 1.29 is 18.8 Å². The van der Waals surface area contributed by atoms with Crippen molar-refractivity contribution >= 4 is 31.4 Å². The molecule has 0 nitrogen and oxygen atoms in total. The van der Waals surface area contributed by atoms with Crippen molar-refractivity contribution in [2.45, 2.75) is 0 Å². The predicted octanol–water partition coefficient (Wildman–Crippen LogP) is 3.10. The molecule has 10 heavy (non-hydrogen) atoms. The molecule has 0 atom stereocenters. The molecule has 0 radical (unpaired) electrons. The molecule has 54 valence electrons. The molecule has 0 aliphatic rings. The van der Waals surface area contributed by atoms with Crippen LogP contribution < -0.4 is 5.30 Å². The first kappa shape index (κ1) is 9.01. The van der Waals surface area contributed by atoms with Gasteiger partial charge in [-0.1, -0.05) is 0 Å². The Morgan fingerprint density at radius 2 is 1.60 bits per heavy atom. The van der Waals surface area contributed by atoms with Gasteiger partial charge in [-0.2, -0.15) is 0 Å². The van der Waals surface area contributed by atoms with E-state index in [4.69, 9.17) is 22.5 Å². The van der Waals surface area contributed by atoms with E-state index >= 15 is 0 Å². The minimum atomic E-state index is -1.81. The van der Waals surface area contributed by atoms with Crippen LogP contribution in [0.25, 0.3) is 0 Å². The van der Waals surface area contributed by atoms with E-state index in [1.807, 2.05) is 30.3 Å². The molecular weight excluding hydrogens is 270 g/mol. The van der Waals surface area contributed by atoms with Crippen LogP contribution in [-0.4, -0.2) is 0 Å². The zero-order valence-corrected chi connectivity index (χ0v) is 9.41. The van der Waals surface area contributed by atoms with Crippen LogP contribution in [0.5, 0.6) is 0 Å². The molecule has 0 aromatic heterocycles. The molecule has 0 unspecified atom stereocenters. The number of hydrogen-bond donors (Lipinski definition) is 0. The maximum absolute atomic E-state index is 5.94. The summed E-state index contributed by atoms with van der Waals surface area (Å²) in [4.78, 5) is 0. The van der Waals surface area contributed by atoms with E-state index in [1.165, 1.54) is 0 Å². The van der Waals surface area contributed by atoms with Crippen molar-refractivity contribution in [2.75, 3.05) is 0 Å². The van der Waals surface area contributed by atoms with Crippen LogP contribution in [-0.2, 0) is 18.8 Å². The van der Waals surface area contributed by atoms with Crippen LogP contribution in [0.3, 0.4) is 0 Å². The average Bonchev–Trinajstić information content (AvgIpc) is 1.88. The van der Waals surface area contributed by atoms with Crippen LogP contribution >= 0.6 is 26.1 Å². The molecule has 0 aliphatic heterocycles. The Bertz CT molecular complexity index is 254. The van der Waals surface area contributed by atoms with E-state index in [2.05, 4.69) is 0 Å². The first-order chi connectivity index (χ1) is 4.61. The van der Waals surface area contributed by atoms with Gasteiger partial charge in [0.2, 0.25) is 0 Å². The number of hydrogen-bond acceptors (Lipinski definition) is 0. The molecule has 4 heteroatoms. The van der Waals surface area contributed by atoms with Gasteiger partial charge in [-0.15, -0.1) is 0 Å². The molecule has 1 rings (SSSR count). The van der Waals surface area contributed by atoms with Gasteiger partial charge in [0, 0.05) is 0 Å². The summed E-state index contributed by atoms with van der Waals surface area (Å²) >= 11 is 13.7. The van der Waals surface area contributed by atoms with Gasteiger partial charge in [-0.25, -0.2) is 0 Å². The van der Waals surface area contributed by atoms with Gasteiger partial charge in [-0.05, 0) is 0 Å².